The van der Waals surface area contributed by atoms with Crippen molar-refractivity contribution in [2.75, 3.05) is 18.0 Å². The second-order valence-corrected chi connectivity index (χ2v) is 8.74. The van der Waals surface area contributed by atoms with Gasteiger partial charge >= 0.3 is 0 Å². The van der Waals surface area contributed by atoms with Crippen molar-refractivity contribution in [3.8, 4) is 11.3 Å². The van der Waals surface area contributed by atoms with Crippen LogP contribution in [0, 0.1) is 0 Å². The van der Waals surface area contributed by atoms with E-state index in [-0.39, 0.29) is 5.91 Å². The minimum absolute atomic E-state index is 0.0527. The highest BCUT2D eigenvalue weighted by atomic mass is 16.2. The van der Waals surface area contributed by atoms with Crippen molar-refractivity contribution in [2.24, 2.45) is 0 Å². The van der Waals surface area contributed by atoms with Crippen molar-refractivity contribution < 1.29 is 4.79 Å². The maximum atomic E-state index is 13.8. The lowest BCUT2D eigenvalue weighted by Gasteiger charge is -2.30. The Labute approximate surface area is 186 Å². The Bertz CT molecular complexity index is 1360. The number of rotatable bonds is 3. The molecule has 32 heavy (non-hydrogen) atoms. The average molecular weight is 424 g/mol. The number of H-pyrrole nitrogens is 1. The van der Waals surface area contributed by atoms with Crippen molar-refractivity contribution in [1.82, 2.24) is 19.7 Å². The van der Waals surface area contributed by atoms with E-state index < -0.39 is 0 Å². The van der Waals surface area contributed by atoms with Gasteiger partial charge in [0.2, 0.25) is 0 Å². The van der Waals surface area contributed by atoms with Gasteiger partial charge in [-0.2, -0.15) is 9.78 Å². The number of allylic oxidation sites excluding steroid dienone is 2. The number of piperidine rings is 1. The van der Waals surface area contributed by atoms with E-state index in [2.05, 4.69) is 33.9 Å². The molecule has 6 rings (SSSR count). The molecule has 0 radical (unpaired) electrons. The van der Waals surface area contributed by atoms with E-state index in [1.807, 2.05) is 36.4 Å². The molecule has 2 aromatic carbocycles. The van der Waals surface area contributed by atoms with Crippen molar-refractivity contribution in [1.29, 1.82) is 0 Å². The van der Waals surface area contributed by atoms with Crippen LogP contribution in [0.25, 0.3) is 27.9 Å². The summed E-state index contributed by atoms with van der Waals surface area (Å²) in [5.74, 6) is -0.0527. The van der Waals surface area contributed by atoms with E-state index in [9.17, 15) is 4.79 Å². The summed E-state index contributed by atoms with van der Waals surface area (Å²) in [5.41, 5.74) is 8.67. The summed E-state index contributed by atoms with van der Waals surface area (Å²) >= 11 is 0. The lowest BCUT2D eigenvalue weighted by atomic mass is 9.93. The number of nitrogens with zero attached hydrogens (tertiary/aromatic N) is 4. The molecule has 6 heteroatoms. The van der Waals surface area contributed by atoms with Crippen LogP contribution in [0.15, 0.2) is 60.4 Å². The molecule has 0 spiro atoms. The standard InChI is InChI=1S/C26H25N5O/c1-17-14-22-25(30-12-6-3-7-13-30)24(18-8-4-2-5-9-18)29-31(22)26(32)23(17)19-10-11-20-21(15-19)28-16-27-20/h2,4-5,8-11,15-16H,3,6-7,12-14H2,1H3,(H,27,28). The molecule has 1 fully saturated rings. The topological polar surface area (TPSA) is 66.8 Å². The van der Waals surface area contributed by atoms with E-state index in [0.29, 0.717) is 6.42 Å². The fraction of sp³-hybridized carbons (Fsp3) is 0.269. The number of fused-ring (bicyclic) bond motifs is 2. The minimum atomic E-state index is -0.0527. The van der Waals surface area contributed by atoms with Crippen molar-refractivity contribution >= 4 is 28.2 Å². The largest absolute Gasteiger partial charge is 0.368 e. The molecule has 0 unspecified atom stereocenters. The molecule has 4 aromatic rings. The quantitative estimate of drug-likeness (QED) is 0.499. The van der Waals surface area contributed by atoms with E-state index in [1.165, 1.54) is 19.3 Å². The highest BCUT2D eigenvalue weighted by molar-refractivity contribution is 6.23. The Hall–Kier alpha value is -3.67. The van der Waals surface area contributed by atoms with Gasteiger partial charge in [0.15, 0.2) is 0 Å². The number of anilines is 1. The maximum Gasteiger partial charge on any atom is 0.279 e. The molecule has 4 heterocycles. The average Bonchev–Trinajstić information content (AvgIpc) is 3.45. The molecule has 0 bridgehead atoms. The lowest BCUT2D eigenvalue weighted by Crippen LogP contribution is -2.31. The first-order valence-corrected chi connectivity index (χ1v) is 11.3. The van der Waals surface area contributed by atoms with Crippen LogP contribution in [0.4, 0.5) is 5.69 Å². The van der Waals surface area contributed by atoms with Crippen LogP contribution < -0.4 is 4.90 Å². The number of aromatic nitrogens is 4. The monoisotopic (exact) mass is 423 g/mol. The third kappa shape index (κ3) is 2.98. The Morgan fingerprint density at radius 3 is 2.59 bits per heavy atom. The van der Waals surface area contributed by atoms with Gasteiger partial charge in [0, 0.05) is 30.6 Å². The molecule has 2 aliphatic rings. The summed E-state index contributed by atoms with van der Waals surface area (Å²) in [4.78, 5) is 23.7. The number of carbonyl (C=O) groups is 1. The highest BCUT2D eigenvalue weighted by Gasteiger charge is 2.33. The normalized spacial score (nSPS) is 16.7. The van der Waals surface area contributed by atoms with Crippen LogP contribution >= 0.6 is 0 Å². The van der Waals surface area contributed by atoms with Gasteiger partial charge in [-0.05, 0) is 43.9 Å². The van der Waals surface area contributed by atoms with Gasteiger partial charge in [0.05, 0.1) is 28.7 Å². The predicted molar refractivity (Wildman–Crippen MR) is 127 cm³/mol. The number of nitrogens with one attached hydrogen (secondary N) is 1. The fourth-order valence-corrected chi connectivity index (χ4v) is 5.10. The molecule has 0 saturated carbocycles. The smallest absolute Gasteiger partial charge is 0.279 e. The van der Waals surface area contributed by atoms with E-state index in [4.69, 9.17) is 5.10 Å². The number of carbonyl (C=O) groups excluding carboxylic acids is 1. The minimum Gasteiger partial charge on any atom is -0.368 e. The summed E-state index contributed by atoms with van der Waals surface area (Å²) < 4.78 is 1.66. The Balaban J connectivity index is 1.50. The third-order valence-corrected chi connectivity index (χ3v) is 6.65. The van der Waals surface area contributed by atoms with Gasteiger partial charge in [-0.25, -0.2) is 4.98 Å². The molecular weight excluding hydrogens is 398 g/mol. The van der Waals surface area contributed by atoms with Crippen LogP contribution in [-0.2, 0) is 6.42 Å². The zero-order valence-electron chi connectivity index (χ0n) is 18.1. The first kappa shape index (κ1) is 19.0. The van der Waals surface area contributed by atoms with Crippen molar-refractivity contribution in [3.05, 3.63) is 71.7 Å². The van der Waals surface area contributed by atoms with Crippen LogP contribution in [0.3, 0.4) is 0 Å². The summed E-state index contributed by atoms with van der Waals surface area (Å²) in [7, 11) is 0. The van der Waals surface area contributed by atoms with Gasteiger partial charge in [-0.15, -0.1) is 0 Å². The van der Waals surface area contributed by atoms with Crippen LogP contribution in [0.5, 0.6) is 0 Å². The second-order valence-electron chi connectivity index (χ2n) is 8.74. The predicted octanol–water partition coefficient (Wildman–Crippen LogP) is 5.09. The van der Waals surface area contributed by atoms with Gasteiger partial charge in [-0.1, -0.05) is 42.0 Å². The molecule has 1 N–H and O–H groups in total. The molecule has 0 atom stereocenters. The molecule has 2 aromatic heterocycles. The molecular formula is C26H25N5O. The van der Waals surface area contributed by atoms with E-state index in [1.54, 1.807) is 11.0 Å². The number of hydrogen-bond donors (Lipinski definition) is 1. The number of aromatic amines is 1. The van der Waals surface area contributed by atoms with E-state index in [0.717, 1.165) is 63.5 Å². The van der Waals surface area contributed by atoms with Crippen LogP contribution in [-0.4, -0.2) is 38.7 Å². The fourth-order valence-electron chi connectivity index (χ4n) is 5.10. The second kappa shape index (κ2) is 7.48. The Morgan fingerprint density at radius 2 is 1.78 bits per heavy atom. The van der Waals surface area contributed by atoms with E-state index >= 15 is 0 Å². The zero-order valence-corrected chi connectivity index (χ0v) is 18.1. The summed E-state index contributed by atoms with van der Waals surface area (Å²) in [6.45, 7) is 4.10. The molecule has 160 valence electrons. The number of hydrogen-bond acceptors (Lipinski definition) is 4. The molecule has 1 saturated heterocycles. The van der Waals surface area contributed by atoms with Gasteiger partial charge in [-0.3, -0.25) is 4.79 Å². The van der Waals surface area contributed by atoms with Crippen LogP contribution in [0.1, 0.15) is 42.2 Å². The lowest BCUT2D eigenvalue weighted by molar-refractivity contribution is 0.0958. The first-order valence-electron chi connectivity index (χ1n) is 11.3. The van der Waals surface area contributed by atoms with Crippen molar-refractivity contribution in [3.63, 3.8) is 0 Å². The Morgan fingerprint density at radius 1 is 0.969 bits per heavy atom. The number of imidazole rings is 1. The summed E-state index contributed by atoms with van der Waals surface area (Å²) in [5, 5.41) is 4.91. The maximum absolute atomic E-state index is 13.8. The summed E-state index contributed by atoms with van der Waals surface area (Å²) in [6, 6.07) is 16.2. The number of benzene rings is 2. The Kier molecular flexibility index (Phi) is 4.45. The molecule has 6 nitrogen and oxygen atoms in total. The van der Waals surface area contributed by atoms with Crippen LogP contribution in [0.2, 0.25) is 0 Å². The van der Waals surface area contributed by atoms with Gasteiger partial charge in [0.25, 0.3) is 5.91 Å². The molecule has 2 aliphatic heterocycles. The molecule has 0 amide bonds. The first-order chi connectivity index (χ1) is 15.7. The highest BCUT2D eigenvalue weighted by Crippen LogP contribution is 2.40. The molecule has 0 aliphatic carbocycles. The van der Waals surface area contributed by atoms with Gasteiger partial charge < -0.3 is 9.88 Å². The van der Waals surface area contributed by atoms with Crippen molar-refractivity contribution in [2.45, 2.75) is 32.6 Å². The summed E-state index contributed by atoms with van der Waals surface area (Å²) in [6.07, 6.45) is 6.02. The van der Waals surface area contributed by atoms with Gasteiger partial charge in [0.1, 0.15) is 5.69 Å². The third-order valence-electron chi connectivity index (χ3n) is 6.65. The zero-order chi connectivity index (χ0) is 21.7. The SMILES string of the molecule is CC1=C(c2ccc3nc[nH]c3c2)C(=O)n2nc(-c3ccccc3)c(N3CCCCC3)c2C1.